The Hall–Kier alpha value is -7.80. The molecule has 10 aliphatic rings. The number of anilines is 5. The Morgan fingerprint density at radius 2 is 0.980 bits per heavy atom. The molecule has 24 heteroatoms. The molecule has 7 saturated heterocycles. The molecule has 0 atom stereocenters. The number of aromatic nitrogens is 4. The van der Waals surface area contributed by atoms with Crippen LogP contribution in [0, 0.1) is 11.6 Å². The molecule has 101 heavy (non-hydrogen) atoms. The van der Waals surface area contributed by atoms with Crippen LogP contribution in [0.3, 0.4) is 0 Å². The summed E-state index contributed by atoms with van der Waals surface area (Å²) in [6.45, 7) is 19.9. The first-order valence-corrected chi connectivity index (χ1v) is 38.2. The molecule has 3 aromatic carbocycles. The molecular formula is C77H102F2N16O5S. The van der Waals surface area contributed by atoms with Crippen molar-refractivity contribution < 1.29 is 32.7 Å². The predicted molar refractivity (Wildman–Crippen MR) is 394 cm³/mol. The van der Waals surface area contributed by atoms with E-state index in [0.717, 1.165) is 246 Å². The second kappa shape index (κ2) is 29.9. The van der Waals surface area contributed by atoms with Gasteiger partial charge in [0, 0.05) is 164 Å². The van der Waals surface area contributed by atoms with Gasteiger partial charge < -0.3 is 48.8 Å². The zero-order valence-electron chi connectivity index (χ0n) is 60.1. The fourth-order valence-corrected chi connectivity index (χ4v) is 19.5. The maximum Gasteiger partial charge on any atom is 0.409 e. The molecule has 0 unspecified atom stereocenters. The normalized spacial score (nSPS) is 21.5. The average molecular weight is 1400 g/mol. The van der Waals surface area contributed by atoms with Crippen molar-refractivity contribution in [3.05, 3.63) is 125 Å². The number of benzene rings is 3. The van der Waals surface area contributed by atoms with Crippen molar-refractivity contribution in [3.63, 3.8) is 0 Å². The number of likely N-dealkylation sites (tertiary alicyclic amines) is 5. The van der Waals surface area contributed by atoms with E-state index in [9.17, 15) is 28.0 Å². The summed E-state index contributed by atoms with van der Waals surface area (Å²) in [7, 11) is 7.10. The van der Waals surface area contributed by atoms with Crippen LogP contribution in [0.5, 0.6) is 0 Å². The van der Waals surface area contributed by atoms with E-state index in [-0.39, 0.29) is 52.1 Å². The number of carbonyl (C=O) groups is 4. The van der Waals surface area contributed by atoms with E-state index >= 15 is 0 Å². The van der Waals surface area contributed by atoms with Gasteiger partial charge in [0.25, 0.3) is 0 Å². The Morgan fingerprint density at radius 1 is 0.515 bits per heavy atom. The Bertz CT molecular complexity index is 3920. The highest BCUT2D eigenvalue weighted by Gasteiger charge is 2.51. The van der Waals surface area contributed by atoms with E-state index in [4.69, 9.17) is 4.74 Å². The smallest absolute Gasteiger partial charge is 0.409 e. The van der Waals surface area contributed by atoms with Crippen molar-refractivity contribution in [2.45, 2.75) is 145 Å². The van der Waals surface area contributed by atoms with Gasteiger partial charge in [-0.2, -0.15) is 0 Å². The highest BCUT2D eigenvalue weighted by Crippen LogP contribution is 2.51. The van der Waals surface area contributed by atoms with Crippen LogP contribution in [0.4, 0.5) is 56.7 Å². The quantitative estimate of drug-likeness (QED) is 0.148. The lowest BCUT2D eigenvalue weighted by Gasteiger charge is -2.45. The van der Waals surface area contributed by atoms with Crippen LogP contribution in [-0.2, 0) is 27.4 Å². The van der Waals surface area contributed by atoms with Gasteiger partial charge in [-0.25, -0.2) is 42.9 Å². The van der Waals surface area contributed by atoms with E-state index in [1.54, 1.807) is 92.3 Å². The fourth-order valence-electron chi connectivity index (χ4n) is 18.6. The van der Waals surface area contributed by atoms with Crippen molar-refractivity contribution >= 4 is 74.4 Å². The third-order valence-corrected chi connectivity index (χ3v) is 25.2. The van der Waals surface area contributed by atoms with Gasteiger partial charge in [0.1, 0.15) is 29.6 Å². The monoisotopic (exact) mass is 1400 g/mol. The fraction of sp³-hybridized carbons (Fsp3) is 0.584. The number of amides is 7. The summed E-state index contributed by atoms with van der Waals surface area (Å²) < 4.78 is 34.9. The third kappa shape index (κ3) is 14.0. The lowest BCUT2D eigenvalue weighted by atomic mass is 9.74. The minimum absolute atomic E-state index is 0.0324. The number of thiophene rings is 1. The first-order chi connectivity index (χ1) is 49.0. The highest BCUT2D eigenvalue weighted by molar-refractivity contribution is 7.17. The molecule has 10 aliphatic heterocycles. The van der Waals surface area contributed by atoms with Gasteiger partial charge >= 0.3 is 24.2 Å². The summed E-state index contributed by atoms with van der Waals surface area (Å²) >= 11 is 1.71. The van der Waals surface area contributed by atoms with E-state index in [1.807, 2.05) is 26.5 Å². The number of carbonyl (C=O) groups excluding carboxylic acids is 4. The predicted octanol–water partition coefficient (Wildman–Crippen LogP) is 11.7. The lowest BCUT2D eigenvalue weighted by Crippen LogP contribution is -2.53. The summed E-state index contributed by atoms with van der Waals surface area (Å²) in [5, 5.41) is 2.08. The number of para-hydroxylation sites is 1. The van der Waals surface area contributed by atoms with Crippen molar-refractivity contribution in [3.8, 4) is 0 Å². The molecule has 13 heterocycles. The number of halogens is 2. The van der Waals surface area contributed by atoms with E-state index < -0.39 is 0 Å². The summed E-state index contributed by atoms with van der Waals surface area (Å²) in [5.41, 5.74) is 8.11. The van der Waals surface area contributed by atoms with Gasteiger partial charge in [0.15, 0.2) is 0 Å². The molecule has 0 bridgehead atoms. The zero-order valence-corrected chi connectivity index (χ0v) is 60.9. The standard InChI is InChI=1S/C26H31FN6OS.C26H35FN6O.C25H36N4O3/c1-30(2)25(34)33-16-26(20-15-18(27)3-4-22(20)33)8-12-31(13-9-26)19-5-10-32(11-6-19)24-23-21(7-14-35-23)28-17-29-24;1-4-22-24(29-12-11-28-22)32-13-7-20(8-14-32)31-15-9-26(10-16-31)18-33(25(34)30(2)3)23-6-5-19(27)17-21(23)26;1-2-32-24(31)28-15-9-20(10-16-28)26-17-11-25(12-18-26)19-29(22-8-4-3-7-21(22)25)23(30)27-13-5-6-14-27/h3-4,7,14-15,17,19H,5-6,8-13,16H2,1-2H3;5-6,11-12,17,20H,4,7-10,13-16,18H2,1-3H3;3-4,7-8,20H,2,5-6,9-19H2,1H3. The van der Waals surface area contributed by atoms with E-state index in [0.29, 0.717) is 37.8 Å². The summed E-state index contributed by atoms with van der Waals surface area (Å²) in [6.07, 6.45) is 20.7. The van der Waals surface area contributed by atoms with Crippen molar-refractivity contribution in [1.29, 1.82) is 0 Å². The van der Waals surface area contributed by atoms with Crippen LogP contribution in [0.1, 0.15) is 126 Å². The Kier molecular flexibility index (Phi) is 20.8. The van der Waals surface area contributed by atoms with E-state index in [2.05, 4.69) is 92.0 Å². The highest BCUT2D eigenvalue weighted by atomic mass is 32.1. The molecule has 7 fully saturated rings. The second-order valence-electron chi connectivity index (χ2n) is 30.2. The number of fused-ring (bicyclic) bond motifs is 7. The lowest BCUT2D eigenvalue weighted by molar-refractivity contribution is 0.0579. The summed E-state index contributed by atoms with van der Waals surface area (Å²) in [6, 6.07) is 22.2. The van der Waals surface area contributed by atoms with Crippen LogP contribution in [0.15, 0.2) is 90.8 Å². The number of piperidine rings is 6. The molecule has 7 amide bonds. The molecule has 6 aromatic rings. The Balaban J connectivity index is 0.000000129. The van der Waals surface area contributed by atoms with Crippen molar-refractivity contribution in [2.24, 2.45) is 0 Å². The Labute approximate surface area is 598 Å². The average Bonchev–Trinajstić information content (AvgIpc) is 1.61. The van der Waals surface area contributed by atoms with Crippen LogP contribution >= 0.6 is 11.3 Å². The molecule has 540 valence electrons. The van der Waals surface area contributed by atoms with Crippen molar-refractivity contribution in [2.75, 3.05) is 171 Å². The second-order valence-corrected chi connectivity index (χ2v) is 31.2. The van der Waals surface area contributed by atoms with Gasteiger partial charge in [-0.1, -0.05) is 25.1 Å². The topological polar surface area (TPSA) is 168 Å². The Morgan fingerprint density at radius 3 is 1.49 bits per heavy atom. The molecule has 3 spiro atoms. The number of hydrogen-bond acceptors (Lipinski definition) is 15. The van der Waals surface area contributed by atoms with Crippen LogP contribution in [0.2, 0.25) is 0 Å². The van der Waals surface area contributed by atoms with Gasteiger partial charge in [0.05, 0.1) is 22.5 Å². The first-order valence-electron chi connectivity index (χ1n) is 37.3. The molecule has 16 rings (SSSR count). The third-order valence-electron chi connectivity index (χ3n) is 24.3. The molecule has 0 radical (unpaired) electrons. The molecule has 0 saturated carbocycles. The molecule has 3 aromatic heterocycles. The van der Waals surface area contributed by atoms with Crippen LogP contribution in [-0.4, -0.2) is 243 Å². The SMILES string of the molecule is CCOC(=O)N1CCC(N2CCC3(CC2)CN(C(=O)N2CCCC2)c2ccccc23)CC1.CCc1nccnc1N1CCC(N2CCC3(CC2)CN(C(=O)N(C)C)c2ccc(F)cc23)CC1.CN(C)C(=O)N1CC2(CCN(C3CCN(c4ncnc5ccsc45)CC3)CC2)c2cc(F)ccc21. The van der Waals surface area contributed by atoms with Gasteiger partial charge in [-0.05, 0) is 213 Å². The maximum absolute atomic E-state index is 14.3. The summed E-state index contributed by atoms with van der Waals surface area (Å²) in [5.74, 6) is 1.66. The number of aryl methyl sites for hydroxylation is 1. The zero-order chi connectivity index (χ0) is 70.2. The number of rotatable bonds is 7. The molecular weight excluding hydrogens is 1300 g/mol. The van der Waals surface area contributed by atoms with Gasteiger partial charge in [0.2, 0.25) is 0 Å². The van der Waals surface area contributed by atoms with Crippen LogP contribution in [0.25, 0.3) is 10.2 Å². The largest absolute Gasteiger partial charge is 0.450 e. The first kappa shape index (κ1) is 70.2. The van der Waals surface area contributed by atoms with Gasteiger partial charge in [-0.3, -0.25) is 19.7 Å². The van der Waals surface area contributed by atoms with E-state index in [1.165, 1.54) is 22.4 Å². The van der Waals surface area contributed by atoms with Crippen LogP contribution < -0.4 is 24.5 Å². The molecule has 21 nitrogen and oxygen atoms in total. The summed E-state index contributed by atoms with van der Waals surface area (Å²) in [4.78, 5) is 94.6. The minimum atomic E-state index is -0.221. The maximum atomic E-state index is 14.3. The number of nitrogens with zero attached hydrogens (tertiary/aromatic N) is 16. The number of ether oxygens (including phenoxy) is 1. The van der Waals surface area contributed by atoms with Crippen molar-refractivity contribution in [1.82, 2.24) is 54.2 Å². The molecule has 0 aliphatic carbocycles. The molecule has 0 N–H and O–H groups in total. The number of hydrogen-bond donors (Lipinski definition) is 0. The van der Waals surface area contributed by atoms with Gasteiger partial charge in [-0.15, -0.1) is 11.3 Å². The minimum Gasteiger partial charge on any atom is -0.450 e. The number of urea groups is 3.